The van der Waals surface area contributed by atoms with E-state index in [0.717, 1.165) is 29.4 Å². The number of benzene rings is 2. The summed E-state index contributed by atoms with van der Waals surface area (Å²) in [5, 5.41) is 23.7. The molecule has 9 nitrogen and oxygen atoms in total. The van der Waals surface area contributed by atoms with E-state index >= 15 is 0 Å². The van der Waals surface area contributed by atoms with E-state index in [9.17, 15) is 9.90 Å². The van der Waals surface area contributed by atoms with Gasteiger partial charge in [0.15, 0.2) is 22.5 Å². The molecule has 0 spiro atoms. The number of ether oxygens (including phenoxy) is 2. The normalized spacial score (nSPS) is 14.2. The smallest absolute Gasteiger partial charge is 0.250 e. The molecule has 0 radical (unpaired) electrons. The molecular formula is C26H31N5O4S. The molecule has 1 amide bonds. The topological polar surface area (TPSA) is 111 Å². The fourth-order valence-corrected chi connectivity index (χ4v) is 5.07. The van der Waals surface area contributed by atoms with E-state index < -0.39 is 0 Å². The number of methoxy groups -OCH3 is 2. The number of carbonyl (C=O) groups is 1. The Balaban J connectivity index is 1.44. The van der Waals surface area contributed by atoms with Gasteiger partial charge < -0.3 is 14.6 Å². The molecule has 1 aliphatic carbocycles. The predicted molar refractivity (Wildman–Crippen MR) is 140 cm³/mol. The second-order valence-corrected chi connectivity index (χ2v) is 9.63. The van der Waals surface area contributed by atoms with Crippen LogP contribution >= 0.6 is 11.8 Å². The number of aryl methyl sites for hydroxylation is 1. The molecule has 0 bridgehead atoms. The highest BCUT2D eigenvalue weighted by molar-refractivity contribution is 7.99. The van der Waals surface area contributed by atoms with Crippen LogP contribution in [-0.4, -0.2) is 52.0 Å². The van der Waals surface area contributed by atoms with Crippen molar-refractivity contribution in [2.45, 2.75) is 50.2 Å². The predicted octanol–water partition coefficient (Wildman–Crippen LogP) is 4.72. The highest BCUT2D eigenvalue weighted by Gasteiger charge is 2.24. The molecule has 1 saturated carbocycles. The Labute approximate surface area is 214 Å². The lowest BCUT2D eigenvalue weighted by Crippen LogP contribution is -2.20. The quantitative estimate of drug-likeness (QED) is 0.244. The molecule has 0 unspecified atom stereocenters. The van der Waals surface area contributed by atoms with Crippen LogP contribution in [0, 0.1) is 6.92 Å². The van der Waals surface area contributed by atoms with E-state index in [1.165, 1.54) is 57.0 Å². The third-order valence-electron chi connectivity index (χ3n) is 6.15. The largest absolute Gasteiger partial charge is 0.502 e. The second-order valence-electron chi connectivity index (χ2n) is 8.69. The molecule has 0 atom stereocenters. The van der Waals surface area contributed by atoms with Gasteiger partial charge in [0, 0.05) is 17.2 Å². The van der Waals surface area contributed by atoms with E-state index in [-0.39, 0.29) is 28.9 Å². The zero-order valence-electron chi connectivity index (χ0n) is 20.7. The maximum atomic E-state index is 12.5. The Hall–Kier alpha value is -3.53. The first kappa shape index (κ1) is 25.6. The molecule has 4 rings (SSSR count). The summed E-state index contributed by atoms with van der Waals surface area (Å²) in [4.78, 5) is 12.5. The van der Waals surface area contributed by atoms with Gasteiger partial charge in [0.2, 0.25) is 5.75 Å². The Morgan fingerprint density at radius 1 is 1.14 bits per heavy atom. The van der Waals surface area contributed by atoms with E-state index in [4.69, 9.17) is 9.47 Å². The minimum atomic E-state index is -0.260. The summed E-state index contributed by atoms with van der Waals surface area (Å²) < 4.78 is 12.5. The number of aromatic nitrogens is 3. The average molecular weight is 510 g/mol. The molecule has 2 N–H and O–H groups in total. The van der Waals surface area contributed by atoms with Crippen LogP contribution in [0.15, 0.2) is 46.7 Å². The van der Waals surface area contributed by atoms with Crippen molar-refractivity contribution in [1.82, 2.24) is 20.2 Å². The maximum Gasteiger partial charge on any atom is 0.250 e. The second kappa shape index (κ2) is 11.9. The Kier molecular flexibility index (Phi) is 8.48. The van der Waals surface area contributed by atoms with Crippen molar-refractivity contribution in [3.05, 3.63) is 47.5 Å². The van der Waals surface area contributed by atoms with Crippen LogP contribution in [0.4, 0.5) is 0 Å². The number of nitrogens with zero attached hydrogens (tertiary/aromatic N) is 4. The number of hydrazone groups is 1. The zero-order chi connectivity index (χ0) is 25.5. The number of nitrogens with one attached hydrogen (secondary N) is 1. The van der Waals surface area contributed by atoms with Crippen LogP contribution in [-0.2, 0) is 4.79 Å². The summed E-state index contributed by atoms with van der Waals surface area (Å²) in [6.45, 7) is 2.06. The summed E-state index contributed by atoms with van der Waals surface area (Å²) in [7, 11) is 2.90. The Morgan fingerprint density at radius 3 is 2.44 bits per heavy atom. The van der Waals surface area contributed by atoms with E-state index in [1.54, 1.807) is 12.1 Å². The van der Waals surface area contributed by atoms with Crippen LogP contribution in [0.5, 0.6) is 17.2 Å². The third kappa shape index (κ3) is 5.99. The van der Waals surface area contributed by atoms with Crippen LogP contribution in [0.2, 0.25) is 0 Å². The van der Waals surface area contributed by atoms with Crippen LogP contribution < -0.4 is 14.9 Å². The summed E-state index contributed by atoms with van der Waals surface area (Å²) in [5.74, 6) is 1.15. The van der Waals surface area contributed by atoms with Gasteiger partial charge in [0.1, 0.15) is 0 Å². The molecule has 0 aliphatic heterocycles. The highest BCUT2D eigenvalue weighted by Crippen LogP contribution is 2.37. The van der Waals surface area contributed by atoms with Gasteiger partial charge in [-0.15, -0.1) is 10.2 Å². The third-order valence-corrected chi connectivity index (χ3v) is 7.09. The lowest BCUT2D eigenvalue weighted by atomic mass is 9.95. The lowest BCUT2D eigenvalue weighted by Gasteiger charge is -2.25. The van der Waals surface area contributed by atoms with Gasteiger partial charge in [-0.25, -0.2) is 5.43 Å². The summed E-state index contributed by atoms with van der Waals surface area (Å²) in [5.41, 5.74) is 5.37. The summed E-state index contributed by atoms with van der Waals surface area (Å²) >= 11 is 1.36. The van der Waals surface area contributed by atoms with E-state index in [1.807, 2.05) is 0 Å². The van der Waals surface area contributed by atoms with Crippen molar-refractivity contribution in [3.8, 4) is 28.6 Å². The molecule has 3 aromatic rings. The van der Waals surface area contributed by atoms with Crippen molar-refractivity contribution in [2.24, 2.45) is 5.10 Å². The number of hydrogen-bond donors (Lipinski definition) is 2. The molecule has 1 aromatic heterocycles. The van der Waals surface area contributed by atoms with Crippen molar-refractivity contribution in [2.75, 3.05) is 20.0 Å². The van der Waals surface area contributed by atoms with Gasteiger partial charge in [0.05, 0.1) is 26.2 Å². The van der Waals surface area contributed by atoms with Gasteiger partial charge in [0.25, 0.3) is 5.91 Å². The number of phenols is 1. The fourth-order valence-electron chi connectivity index (χ4n) is 4.27. The molecule has 1 heterocycles. The van der Waals surface area contributed by atoms with Gasteiger partial charge in [-0.05, 0) is 31.9 Å². The number of aromatic hydroxyl groups is 1. The lowest BCUT2D eigenvalue weighted by molar-refractivity contribution is -0.118. The molecule has 36 heavy (non-hydrogen) atoms. The monoisotopic (exact) mass is 509 g/mol. The van der Waals surface area contributed by atoms with Gasteiger partial charge >= 0.3 is 0 Å². The molecular weight excluding hydrogens is 478 g/mol. The van der Waals surface area contributed by atoms with Crippen LogP contribution in [0.3, 0.4) is 0 Å². The molecule has 1 fully saturated rings. The molecule has 1 aliphatic rings. The molecule has 0 saturated heterocycles. The van der Waals surface area contributed by atoms with Crippen molar-refractivity contribution < 1.29 is 19.4 Å². The van der Waals surface area contributed by atoms with Crippen molar-refractivity contribution in [3.63, 3.8) is 0 Å². The fraction of sp³-hybridized carbons (Fsp3) is 0.385. The maximum absolute atomic E-state index is 12.5. The van der Waals surface area contributed by atoms with Crippen LogP contribution in [0.25, 0.3) is 11.4 Å². The van der Waals surface area contributed by atoms with Crippen molar-refractivity contribution >= 4 is 23.9 Å². The number of rotatable bonds is 9. The molecule has 10 heteroatoms. The SMILES string of the molecule is COc1cc(/C=N\NC(=O)CSc2nnc(-c3ccc(C)cc3)n2C2CCCCC2)cc(OC)c1O. The number of carbonyl (C=O) groups excluding carboxylic acids is 1. The van der Waals surface area contributed by atoms with Gasteiger partial charge in [-0.1, -0.05) is 60.9 Å². The summed E-state index contributed by atoms with van der Waals surface area (Å²) in [6, 6.07) is 11.8. The molecule has 2 aromatic carbocycles. The number of phenolic OH excluding ortho intramolecular Hbond substituents is 1. The summed E-state index contributed by atoms with van der Waals surface area (Å²) in [6.07, 6.45) is 7.25. The van der Waals surface area contributed by atoms with E-state index in [0.29, 0.717) is 11.6 Å². The van der Waals surface area contributed by atoms with E-state index in [2.05, 4.69) is 56.5 Å². The minimum Gasteiger partial charge on any atom is -0.502 e. The Bertz CT molecular complexity index is 1190. The van der Waals surface area contributed by atoms with Crippen molar-refractivity contribution in [1.29, 1.82) is 0 Å². The Morgan fingerprint density at radius 2 is 1.81 bits per heavy atom. The number of hydrogen-bond acceptors (Lipinski definition) is 8. The first-order valence-electron chi connectivity index (χ1n) is 11.9. The van der Waals surface area contributed by atoms with Crippen LogP contribution in [0.1, 0.15) is 49.3 Å². The van der Waals surface area contributed by atoms with Gasteiger partial charge in [-0.3, -0.25) is 9.36 Å². The standard InChI is InChI=1S/C26H31N5O4S/c1-17-9-11-19(12-10-17)25-29-30-26(31(25)20-7-5-4-6-8-20)36-16-23(32)28-27-15-18-13-21(34-2)24(33)22(14-18)35-3/h9-15,20,33H,4-8,16H2,1-3H3,(H,28,32)/b27-15-. The first-order valence-corrected chi connectivity index (χ1v) is 12.9. The first-order chi connectivity index (χ1) is 17.5. The average Bonchev–Trinajstić information content (AvgIpc) is 3.33. The highest BCUT2D eigenvalue weighted by atomic mass is 32.2. The number of amides is 1. The molecule has 190 valence electrons. The minimum absolute atomic E-state index is 0.0929. The van der Waals surface area contributed by atoms with Gasteiger partial charge in [-0.2, -0.15) is 5.10 Å². The zero-order valence-corrected chi connectivity index (χ0v) is 21.5. The number of thioether (sulfide) groups is 1.